The fourth-order valence-electron chi connectivity index (χ4n) is 2.76. The second kappa shape index (κ2) is 7.87. The van der Waals surface area contributed by atoms with Gasteiger partial charge in [-0.2, -0.15) is 0 Å². The molecular weight excluding hydrogens is 342 g/mol. The van der Waals surface area contributed by atoms with E-state index in [9.17, 15) is 14.4 Å². The van der Waals surface area contributed by atoms with Gasteiger partial charge in [-0.15, -0.1) is 0 Å². The Balaban J connectivity index is 1.95. The normalized spacial score (nSPS) is 15.0. The minimum Gasteiger partial charge on any atom is -0.351 e. The number of carbonyl (C=O) groups is 3. The van der Waals surface area contributed by atoms with Crippen molar-refractivity contribution in [2.75, 3.05) is 26.2 Å². The molecule has 0 aromatic heterocycles. The van der Waals surface area contributed by atoms with Gasteiger partial charge in [-0.25, -0.2) is 0 Å². The Labute approximate surface area is 153 Å². The zero-order valence-corrected chi connectivity index (χ0v) is 15.6. The van der Waals surface area contributed by atoms with Gasteiger partial charge in [-0.1, -0.05) is 29.8 Å². The number of halogens is 1. The first kappa shape index (κ1) is 19.2. The zero-order chi connectivity index (χ0) is 18.6. The largest absolute Gasteiger partial charge is 0.351 e. The molecule has 1 aromatic carbocycles. The van der Waals surface area contributed by atoms with Crippen LogP contribution < -0.4 is 5.32 Å². The molecule has 1 aromatic rings. The highest BCUT2D eigenvalue weighted by molar-refractivity contribution is 6.31. The smallest absolute Gasteiger partial charge is 0.237 e. The molecule has 0 unspecified atom stereocenters. The molecule has 0 radical (unpaired) electrons. The van der Waals surface area contributed by atoms with Gasteiger partial charge in [0.2, 0.25) is 17.7 Å². The lowest BCUT2D eigenvalue weighted by Crippen LogP contribution is -2.56. The third kappa shape index (κ3) is 4.51. The van der Waals surface area contributed by atoms with E-state index in [4.69, 9.17) is 11.6 Å². The Morgan fingerprint density at radius 2 is 1.64 bits per heavy atom. The third-order valence-corrected chi connectivity index (χ3v) is 4.88. The van der Waals surface area contributed by atoms with Gasteiger partial charge in [-0.05, 0) is 25.5 Å². The average Bonchev–Trinajstić information content (AvgIpc) is 2.60. The fraction of sp³-hybridized carbons (Fsp3) is 0.500. The van der Waals surface area contributed by atoms with E-state index in [0.29, 0.717) is 31.2 Å². The first-order valence-electron chi connectivity index (χ1n) is 8.30. The first-order valence-corrected chi connectivity index (χ1v) is 8.68. The second-order valence-electron chi connectivity index (χ2n) is 6.70. The van der Waals surface area contributed by atoms with Crippen LogP contribution in [0.5, 0.6) is 0 Å². The topological polar surface area (TPSA) is 69.7 Å². The van der Waals surface area contributed by atoms with Crippen molar-refractivity contribution in [1.82, 2.24) is 15.1 Å². The van der Waals surface area contributed by atoms with Crippen LogP contribution in [-0.2, 0) is 20.9 Å². The quantitative estimate of drug-likeness (QED) is 0.825. The summed E-state index contributed by atoms with van der Waals surface area (Å²) < 4.78 is 0. The molecular formula is C18H24ClN3O3. The summed E-state index contributed by atoms with van der Waals surface area (Å²) in [5, 5.41) is 3.37. The molecule has 25 heavy (non-hydrogen) atoms. The van der Waals surface area contributed by atoms with E-state index in [1.165, 1.54) is 6.92 Å². The molecule has 0 spiro atoms. The maximum Gasteiger partial charge on any atom is 0.237 e. The number of benzene rings is 1. The molecule has 2 rings (SSSR count). The van der Waals surface area contributed by atoms with Crippen molar-refractivity contribution in [2.24, 2.45) is 5.41 Å². The maximum atomic E-state index is 12.8. The molecule has 0 saturated carbocycles. The van der Waals surface area contributed by atoms with Crippen molar-refractivity contribution in [1.29, 1.82) is 0 Å². The van der Waals surface area contributed by atoms with Crippen LogP contribution in [0.3, 0.4) is 0 Å². The summed E-state index contributed by atoms with van der Waals surface area (Å²) in [5.74, 6) is -0.567. The van der Waals surface area contributed by atoms with Crippen molar-refractivity contribution in [3.05, 3.63) is 34.9 Å². The zero-order valence-electron chi connectivity index (χ0n) is 14.8. The van der Waals surface area contributed by atoms with Gasteiger partial charge in [-0.3, -0.25) is 14.4 Å². The summed E-state index contributed by atoms with van der Waals surface area (Å²) in [6, 6.07) is 7.26. The standard InChI is InChI=1S/C18H24ClN3O3/c1-13(23)21-8-10-22(11-9-21)17(25)18(2,3)16(24)20-12-14-6-4-5-7-15(14)19/h4-7H,8-12H2,1-3H3,(H,20,24). The summed E-state index contributed by atoms with van der Waals surface area (Å²) >= 11 is 6.09. The highest BCUT2D eigenvalue weighted by Gasteiger charge is 2.40. The van der Waals surface area contributed by atoms with E-state index < -0.39 is 5.41 Å². The summed E-state index contributed by atoms with van der Waals surface area (Å²) in [6.07, 6.45) is 0. The predicted molar refractivity (Wildman–Crippen MR) is 95.9 cm³/mol. The van der Waals surface area contributed by atoms with E-state index in [2.05, 4.69) is 5.32 Å². The molecule has 6 nitrogen and oxygen atoms in total. The summed E-state index contributed by atoms with van der Waals surface area (Å²) in [6.45, 7) is 6.91. The van der Waals surface area contributed by atoms with Gasteiger partial charge in [0.25, 0.3) is 0 Å². The molecule has 1 N–H and O–H groups in total. The molecule has 7 heteroatoms. The van der Waals surface area contributed by atoms with E-state index in [1.807, 2.05) is 18.2 Å². The van der Waals surface area contributed by atoms with Gasteiger partial charge in [0.1, 0.15) is 5.41 Å². The molecule has 1 fully saturated rings. The highest BCUT2D eigenvalue weighted by atomic mass is 35.5. The van der Waals surface area contributed by atoms with Gasteiger partial charge < -0.3 is 15.1 Å². The van der Waals surface area contributed by atoms with Gasteiger partial charge in [0.15, 0.2) is 0 Å². The Hall–Kier alpha value is -2.08. The van der Waals surface area contributed by atoms with Crippen LogP contribution in [0.15, 0.2) is 24.3 Å². The van der Waals surface area contributed by atoms with Crippen LogP contribution in [0.2, 0.25) is 5.02 Å². The number of carbonyl (C=O) groups excluding carboxylic acids is 3. The molecule has 0 aliphatic carbocycles. The highest BCUT2D eigenvalue weighted by Crippen LogP contribution is 2.21. The van der Waals surface area contributed by atoms with Gasteiger partial charge in [0.05, 0.1) is 0 Å². The Morgan fingerprint density at radius 3 is 2.20 bits per heavy atom. The first-order chi connectivity index (χ1) is 11.7. The molecule has 1 aliphatic heterocycles. The summed E-state index contributed by atoms with van der Waals surface area (Å²) in [7, 11) is 0. The number of piperazine rings is 1. The SMILES string of the molecule is CC(=O)N1CCN(C(=O)C(C)(C)C(=O)NCc2ccccc2Cl)CC1. The van der Waals surface area contributed by atoms with Crippen molar-refractivity contribution in [3.63, 3.8) is 0 Å². The molecule has 0 atom stereocenters. The maximum absolute atomic E-state index is 12.8. The number of nitrogens with zero attached hydrogens (tertiary/aromatic N) is 2. The van der Waals surface area contributed by atoms with E-state index in [1.54, 1.807) is 29.7 Å². The summed E-state index contributed by atoms with van der Waals surface area (Å²) in [4.78, 5) is 40.0. The fourth-order valence-corrected chi connectivity index (χ4v) is 2.96. The number of hydrogen-bond donors (Lipinski definition) is 1. The molecule has 1 heterocycles. The van der Waals surface area contributed by atoms with Crippen molar-refractivity contribution >= 4 is 29.3 Å². The van der Waals surface area contributed by atoms with Crippen molar-refractivity contribution in [2.45, 2.75) is 27.3 Å². The minimum atomic E-state index is -1.18. The van der Waals surface area contributed by atoms with Gasteiger partial charge >= 0.3 is 0 Å². The third-order valence-electron chi connectivity index (χ3n) is 4.51. The van der Waals surface area contributed by atoms with Gasteiger partial charge in [0, 0.05) is 44.7 Å². The molecule has 136 valence electrons. The van der Waals surface area contributed by atoms with Crippen LogP contribution in [-0.4, -0.2) is 53.7 Å². The Bertz CT molecular complexity index is 667. The lowest BCUT2D eigenvalue weighted by Gasteiger charge is -2.37. The molecule has 3 amide bonds. The minimum absolute atomic E-state index is 0.00356. The monoisotopic (exact) mass is 365 g/mol. The van der Waals surface area contributed by atoms with Crippen molar-refractivity contribution in [3.8, 4) is 0 Å². The Morgan fingerprint density at radius 1 is 1.08 bits per heavy atom. The van der Waals surface area contributed by atoms with Crippen molar-refractivity contribution < 1.29 is 14.4 Å². The molecule has 1 saturated heterocycles. The van der Waals surface area contributed by atoms with Crippen LogP contribution in [0, 0.1) is 5.41 Å². The lowest BCUT2D eigenvalue weighted by atomic mass is 9.90. The number of nitrogens with one attached hydrogen (secondary N) is 1. The lowest BCUT2D eigenvalue weighted by molar-refractivity contribution is -0.151. The number of amides is 3. The molecule has 1 aliphatic rings. The number of rotatable bonds is 4. The van der Waals surface area contributed by atoms with E-state index in [-0.39, 0.29) is 24.3 Å². The van der Waals surface area contributed by atoms with Crippen LogP contribution in [0.1, 0.15) is 26.3 Å². The van der Waals surface area contributed by atoms with E-state index in [0.717, 1.165) is 5.56 Å². The second-order valence-corrected chi connectivity index (χ2v) is 7.10. The number of hydrogen-bond acceptors (Lipinski definition) is 3. The predicted octanol–water partition coefficient (Wildman–Crippen LogP) is 1.67. The van der Waals surface area contributed by atoms with Crippen LogP contribution >= 0.6 is 11.6 Å². The van der Waals surface area contributed by atoms with E-state index >= 15 is 0 Å². The van der Waals surface area contributed by atoms with Crippen LogP contribution in [0.25, 0.3) is 0 Å². The summed E-state index contributed by atoms with van der Waals surface area (Å²) in [5.41, 5.74) is -0.379. The average molecular weight is 366 g/mol. The Kier molecular flexibility index (Phi) is 6.06. The molecule has 0 bridgehead atoms. The van der Waals surface area contributed by atoms with Crippen LogP contribution in [0.4, 0.5) is 0 Å².